The zero-order valence-electron chi connectivity index (χ0n) is 16.2. The zero-order valence-corrected chi connectivity index (χ0v) is 17.0. The van der Waals surface area contributed by atoms with Gasteiger partial charge < -0.3 is 9.13 Å². The molecule has 148 valence electrons. The van der Waals surface area contributed by atoms with Gasteiger partial charge in [-0.05, 0) is 11.1 Å². The molecule has 0 unspecified atom stereocenters. The first-order valence-electron chi connectivity index (χ1n) is 9.59. The predicted molar refractivity (Wildman–Crippen MR) is 116 cm³/mol. The molecule has 0 N–H and O–H groups in total. The lowest BCUT2D eigenvalue weighted by atomic mass is 10.0. The lowest BCUT2D eigenvalue weighted by Gasteiger charge is -2.09. The lowest BCUT2D eigenvalue weighted by molar-refractivity contribution is 0.643. The molecule has 0 saturated heterocycles. The fraction of sp³-hybridized carbons (Fsp3) is 0.190. The van der Waals surface area contributed by atoms with Crippen LogP contribution in [-0.2, 0) is 26.7 Å². The summed E-state index contributed by atoms with van der Waals surface area (Å²) < 4.78 is 6.38. The molecule has 9 heteroatoms. The zero-order chi connectivity index (χ0) is 20.2. The Balaban J connectivity index is 1.44. The maximum Gasteiger partial charge on any atom is 0.291 e. The Morgan fingerprint density at radius 3 is 3.03 bits per heavy atom. The molecule has 0 fully saturated rings. The molecule has 0 amide bonds. The van der Waals surface area contributed by atoms with Gasteiger partial charge in [-0.15, -0.1) is 11.3 Å². The molecule has 0 atom stereocenters. The summed E-state index contributed by atoms with van der Waals surface area (Å²) in [7, 11) is 1.89. The van der Waals surface area contributed by atoms with Crippen LogP contribution in [0.2, 0.25) is 0 Å². The number of aromatic nitrogens is 6. The van der Waals surface area contributed by atoms with E-state index >= 15 is 0 Å². The molecule has 0 aliphatic carbocycles. The number of benzene rings is 1. The fourth-order valence-corrected chi connectivity index (χ4v) is 5.17. The van der Waals surface area contributed by atoms with Gasteiger partial charge in [0.2, 0.25) is 0 Å². The molecule has 1 aliphatic heterocycles. The Hall–Kier alpha value is -3.59. The van der Waals surface area contributed by atoms with Gasteiger partial charge in [0.25, 0.3) is 5.56 Å². The Labute approximate surface area is 174 Å². The highest BCUT2D eigenvalue weighted by atomic mass is 32.1. The first-order valence-corrected chi connectivity index (χ1v) is 10.4. The molecule has 30 heavy (non-hydrogen) atoms. The largest absolute Gasteiger partial charge is 0.331 e. The highest BCUT2D eigenvalue weighted by molar-refractivity contribution is 7.19. The lowest BCUT2D eigenvalue weighted by Crippen LogP contribution is -2.25. The Bertz CT molecular complexity index is 1500. The SMILES string of the molecule is Cn1c2nc(Cn3ccnc3)sc2c2cnn(Cc3cccc4c3C=NC4)c(=O)c21. The third-order valence-electron chi connectivity index (χ3n) is 5.54. The van der Waals surface area contributed by atoms with E-state index in [9.17, 15) is 4.79 Å². The number of imidazole rings is 1. The molecule has 0 radical (unpaired) electrons. The highest BCUT2D eigenvalue weighted by Crippen LogP contribution is 2.31. The minimum Gasteiger partial charge on any atom is -0.331 e. The Morgan fingerprint density at radius 2 is 2.17 bits per heavy atom. The summed E-state index contributed by atoms with van der Waals surface area (Å²) in [5.74, 6) is 0. The normalized spacial score (nSPS) is 13.0. The van der Waals surface area contributed by atoms with Crippen LogP contribution in [0.25, 0.3) is 21.3 Å². The first kappa shape index (κ1) is 17.3. The number of thiazole rings is 1. The van der Waals surface area contributed by atoms with Crippen molar-refractivity contribution in [2.45, 2.75) is 19.6 Å². The topological polar surface area (TPSA) is 82.9 Å². The van der Waals surface area contributed by atoms with Crippen LogP contribution in [0.3, 0.4) is 0 Å². The van der Waals surface area contributed by atoms with Gasteiger partial charge in [0.05, 0.1) is 36.9 Å². The monoisotopic (exact) mass is 415 g/mol. The molecule has 5 aromatic rings. The van der Waals surface area contributed by atoms with Crippen LogP contribution in [-0.4, -0.2) is 35.1 Å². The summed E-state index contributed by atoms with van der Waals surface area (Å²) in [5.41, 5.74) is 4.69. The van der Waals surface area contributed by atoms with Crippen LogP contribution in [0.5, 0.6) is 0 Å². The Morgan fingerprint density at radius 1 is 1.23 bits per heavy atom. The second-order valence-corrected chi connectivity index (χ2v) is 8.47. The Kier molecular flexibility index (Phi) is 3.72. The van der Waals surface area contributed by atoms with Crippen molar-refractivity contribution in [3.8, 4) is 0 Å². The standard InChI is InChI=1S/C21H17N7OS/c1-26-18-16(19-20(26)25-17(30-19)11-27-6-5-22-12-27)9-24-28(21(18)29)10-14-4-2-3-13-7-23-8-15(13)14/h2-6,8-9,12H,7,10-11H2,1H3. The number of hydrogen-bond donors (Lipinski definition) is 0. The van der Waals surface area contributed by atoms with Crippen molar-refractivity contribution in [2.75, 3.05) is 0 Å². The van der Waals surface area contributed by atoms with Gasteiger partial charge in [-0.2, -0.15) is 5.10 Å². The highest BCUT2D eigenvalue weighted by Gasteiger charge is 2.19. The number of aliphatic imine (C=N–C) groups is 1. The maximum atomic E-state index is 13.3. The van der Waals surface area contributed by atoms with Crippen LogP contribution in [0, 0.1) is 0 Å². The first-order chi connectivity index (χ1) is 14.7. The van der Waals surface area contributed by atoms with E-state index in [1.165, 1.54) is 10.2 Å². The van der Waals surface area contributed by atoms with Crippen molar-refractivity contribution in [3.05, 3.63) is 75.2 Å². The molecule has 0 spiro atoms. The molecule has 1 aliphatic rings. The van der Waals surface area contributed by atoms with E-state index < -0.39 is 0 Å². The van der Waals surface area contributed by atoms with Gasteiger partial charge in [0.15, 0.2) is 5.65 Å². The minimum absolute atomic E-state index is 0.108. The van der Waals surface area contributed by atoms with Gasteiger partial charge in [-0.3, -0.25) is 9.79 Å². The average Bonchev–Trinajstić information content (AvgIpc) is 3.52. The number of fused-ring (bicyclic) bond motifs is 4. The summed E-state index contributed by atoms with van der Waals surface area (Å²) in [5, 5.41) is 6.31. The smallest absolute Gasteiger partial charge is 0.291 e. The van der Waals surface area contributed by atoms with Gasteiger partial charge in [0, 0.05) is 36.6 Å². The van der Waals surface area contributed by atoms with Crippen molar-refractivity contribution in [3.63, 3.8) is 0 Å². The summed E-state index contributed by atoms with van der Waals surface area (Å²) >= 11 is 1.59. The van der Waals surface area contributed by atoms with E-state index in [1.807, 2.05) is 40.7 Å². The van der Waals surface area contributed by atoms with Crippen LogP contribution >= 0.6 is 11.3 Å². The van der Waals surface area contributed by atoms with E-state index in [0.717, 1.165) is 31.9 Å². The molecule has 4 aromatic heterocycles. The van der Waals surface area contributed by atoms with Crippen molar-refractivity contribution >= 4 is 38.8 Å². The van der Waals surface area contributed by atoms with Crippen molar-refractivity contribution in [1.29, 1.82) is 0 Å². The van der Waals surface area contributed by atoms with Gasteiger partial charge in [-0.25, -0.2) is 14.6 Å². The molecule has 8 nitrogen and oxygen atoms in total. The maximum absolute atomic E-state index is 13.3. The van der Waals surface area contributed by atoms with Crippen LogP contribution < -0.4 is 5.56 Å². The molecule has 0 saturated carbocycles. The quantitative estimate of drug-likeness (QED) is 0.452. The molecular weight excluding hydrogens is 398 g/mol. The van der Waals surface area contributed by atoms with Gasteiger partial charge in [0.1, 0.15) is 10.5 Å². The molecule has 0 bridgehead atoms. The summed E-state index contributed by atoms with van der Waals surface area (Å²) in [4.78, 5) is 26.5. The third-order valence-corrected chi connectivity index (χ3v) is 6.60. The predicted octanol–water partition coefficient (Wildman–Crippen LogP) is 2.57. The average molecular weight is 415 g/mol. The second-order valence-electron chi connectivity index (χ2n) is 7.38. The summed E-state index contributed by atoms with van der Waals surface area (Å²) in [6.07, 6.45) is 9.11. The fourth-order valence-electron chi connectivity index (χ4n) is 4.05. The van der Waals surface area contributed by atoms with Gasteiger partial charge >= 0.3 is 0 Å². The third kappa shape index (κ3) is 2.55. The number of aryl methyl sites for hydroxylation is 1. The minimum atomic E-state index is -0.108. The van der Waals surface area contributed by atoms with E-state index in [0.29, 0.717) is 25.2 Å². The van der Waals surface area contributed by atoms with E-state index in [4.69, 9.17) is 4.98 Å². The molecular formula is C21H17N7OS. The number of rotatable bonds is 4. The molecule has 5 heterocycles. The van der Waals surface area contributed by atoms with Crippen LogP contribution in [0.15, 0.2) is 52.9 Å². The van der Waals surface area contributed by atoms with Crippen molar-refractivity contribution < 1.29 is 0 Å². The van der Waals surface area contributed by atoms with Crippen molar-refractivity contribution in [1.82, 2.24) is 28.9 Å². The van der Waals surface area contributed by atoms with Gasteiger partial charge in [-0.1, -0.05) is 18.2 Å². The molecule has 1 aromatic carbocycles. The second kappa shape index (κ2) is 6.46. The van der Waals surface area contributed by atoms with E-state index in [-0.39, 0.29) is 5.56 Å². The molecule has 6 rings (SSSR count). The van der Waals surface area contributed by atoms with Crippen molar-refractivity contribution in [2.24, 2.45) is 12.0 Å². The van der Waals surface area contributed by atoms with E-state index in [1.54, 1.807) is 30.1 Å². The number of nitrogens with zero attached hydrogens (tertiary/aromatic N) is 7. The summed E-state index contributed by atoms with van der Waals surface area (Å²) in [6.45, 7) is 1.78. The summed E-state index contributed by atoms with van der Waals surface area (Å²) in [6, 6.07) is 6.11. The van der Waals surface area contributed by atoms with Crippen LogP contribution in [0.1, 0.15) is 21.7 Å². The number of hydrogen-bond acceptors (Lipinski definition) is 6. The van der Waals surface area contributed by atoms with E-state index in [2.05, 4.69) is 21.1 Å². The van der Waals surface area contributed by atoms with Crippen LogP contribution in [0.4, 0.5) is 0 Å².